The summed E-state index contributed by atoms with van der Waals surface area (Å²) in [7, 11) is 0. The van der Waals surface area contributed by atoms with Crippen molar-refractivity contribution >= 4 is 33.9 Å². The summed E-state index contributed by atoms with van der Waals surface area (Å²) in [6, 6.07) is 2.90. The van der Waals surface area contributed by atoms with Gasteiger partial charge in [-0.1, -0.05) is 13.3 Å². The van der Waals surface area contributed by atoms with Crippen LogP contribution in [0, 0.1) is 0 Å². The molecule has 2 heterocycles. The van der Waals surface area contributed by atoms with Crippen molar-refractivity contribution in [1.29, 1.82) is 0 Å². The average molecular weight is 344 g/mol. The van der Waals surface area contributed by atoms with E-state index in [-0.39, 0.29) is 27.5 Å². The van der Waals surface area contributed by atoms with Crippen LogP contribution in [0.1, 0.15) is 40.0 Å². The molecule has 0 fully saturated rings. The molecular formula is C17H12O8. The Kier molecular flexibility index (Phi) is 3.88. The van der Waals surface area contributed by atoms with Crippen molar-refractivity contribution in [3.8, 4) is 0 Å². The van der Waals surface area contributed by atoms with E-state index in [1.165, 1.54) is 6.07 Å². The molecule has 0 unspecified atom stereocenters. The first-order valence-electron chi connectivity index (χ1n) is 7.37. The molecule has 8 heteroatoms. The first-order chi connectivity index (χ1) is 11.8. The summed E-state index contributed by atoms with van der Waals surface area (Å²) in [5.74, 6) is -3.93. The van der Waals surface area contributed by atoms with Crippen molar-refractivity contribution in [2.45, 2.75) is 19.8 Å². The normalized spacial score (nSPS) is 11.1. The first-order valence-corrected chi connectivity index (χ1v) is 7.37. The van der Waals surface area contributed by atoms with Gasteiger partial charge in [-0.25, -0.2) is 9.59 Å². The van der Waals surface area contributed by atoms with Crippen LogP contribution in [0.3, 0.4) is 0 Å². The molecular weight excluding hydrogens is 332 g/mol. The summed E-state index contributed by atoms with van der Waals surface area (Å²) < 4.78 is 10.7. The van der Waals surface area contributed by atoms with Crippen LogP contribution < -0.4 is 10.9 Å². The summed E-state index contributed by atoms with van der Waals surface area (Å²) in [6.45, 7) is 1.82. The van der Waals surface area contributed by atoms with Gasteiger partial charge in [0.15, 0.2) is 10.9 Å². The Hall–Kier alpha value is -3.42. The van der Waals surface area contributed by atoms with E-state index in [0.29, 0.717) is 12.8 Å². The Labute approximate surface area is 138 Å². The van der Waals surface area contributed by atoms with Crippen LogP contribution in [0.4, 0.5) is 0 Å². The van der Waals surface area contributed by atoms with Crippen LogP contribution in [-0.4, -0.2) is 22.2 Å². The number of fused-ring (bicyclic) bond motifs is 2. The monoisotopic (exact) mass is 344 g/mol. The minimum Gasteiger partial charge on any atom is -0.475 e. The van der Waals surface area contributed by atoms with Crippen molar-refractivity contribution < 1.29 is 28.6 Å². The molecule has 3 aromatic rings. The summed E-state index contributed by atoms with van der Waals surface area (Å²) in [5, 5.41) is 18.2. The maximum absolute atomic E-state index is 12.2. The van der Waals surface area contributed by atoms with Gasteiger partial charge in [0.25, 0.3) is 0 Å². The molecule has 0 atom stereocenters. The minimum absolute atomic E-state index is 0.0232. The number of carboxylic acid groups (broad SMARTS) is 2. The highest BCUT2D eigenvalue weighted by Gasteiger charge is 2.20. The first kappa shape index (κ1) is 16.4. The van der Waals surface area contributed by atoms with Gasteiger partial charge in [0.1, 0.15) is 11.2 Å². The van der Waals surface area contributed by atoms with Gasteiger partial charge in [0, 0.05) is 17.7 Å². The molecule has 1 aromatic carbocycles. The predicted octanol–water partition coefficient (Wildman–Crippen LogP) is 2.25. The largest absolute Gasteiger partial charge is 0.475 e. The van der Waals surface area contributed by atoms with Crippen molar-refractivity contribution in [2.24, 2.45) is 0 Å². The maximum atomic E-state index is 12.2. The quantitative estimate of drug-likeness (QED) is 0.688. The fourth-order valence-corrected chi connectivity index (χ4v) is 2.66. The number of aryl methyl sites for hydroxylation is 1. The van der Waals surface area contributed by atoms with Gasteiger partial charge in [-0.15, -0.1) is 0 Å². The smallest absolute Gasteiger partial charge is 0.371 e. The molecule has 0 radical (unpaired) electrons. The number of aromatic carboxylic acids is 2. The molecule has 128 valence electrons. The lowest BCUT2D eigenvalue weighted by Crippen LogP contribution is -2.11. The van der Waals surface area contributed by atoms with Crippen LogP contribution in [0.15, 0.2) is 36.6 Å². The standard InChI is InChI=1S/C17H12O8/c1-2-3-7-14-8(10(18)5-12(24-14)16(20)21)4-9-11(19)6-13(17(22)23)25-15(7)9/h4-6H,2-3H2,1H3,(H,20,21)(H,22,23). The van der Waals surface area contributed by atoms with E-state index < -0.39 is 34.3 Å². The van der Waals surface area contributed by atoms with Crippen molar-refractivity contribution in [1.82, 2.24) is 0 Å². The highest BCUT2D eigenvalue weighted by atomic mass is 16.4. The number of carboxylic acids is 2. The van der Waals surface area contributed by atoms with Crippen LogP contribution in [0.2, 0.25) is 0 Å². The third-order valence-corrected chi connectivity index (χ3v) is 3.73. The Morgan fingerprint density at radius 3 is 1.68 bits per heavy atom. The Bertz CT molecular complexity index is 1060. The second-order valence-electron chi connectivity index (χ2n) is 5.42. The van der Waals surface area contributed by atoms with E-state index >= 15 is 0 Å². The molecule has 25 heavy (non-hydrogen) atoms. The van der Waals surface area contributed by atoms with Crippen LogP contribution in [-0.2, 0) is 6.42 Å². The van der Waals surface area contributed by atoms with Gasteiger partial charge >= 0.3 is 11.9 Å². The molecule has 0 saturated carbocycles. The van der Waals surface area contributed by atoms with E-state index in [1.807, 2.05) is 6.92 Å². The molecule has 2 N–H and O–H groups in total. The lowest BCUT2D eigenvalue weighted by molar-refractivity contribution is 0.0654. The molecule has 0 amide bonds. The lowest BCUT2D eigenvalue weighted by atomic mass is 10.0. The Balaban J connectivity index is 2.57. The van der Waals surface area contributed by atoms with Gasteiger partial charge < -0.3 is 19.0 Å². The van der Waals surface area contributed by atoms with Gasteiger partial charge in [-0.2, -0.15) is 0 Å². The maximum Gasteiger partial charge on any atom is 0.371 e. The summed E-state index contributed by atoms with van der Waals surface area (Å²) in [5.41, 5.74) is -0.982. The third kappa shape index (κ3) is 2.67. The zero-order valence-corrected chi connectivity index (χ0v) is 13.0. The summed E-state index contributed by atoms with van der Waals surface area (Å²) >= 11 is 0. The van der Waals surface area contributed by atoms with E-state index in [1.54, 1.807) is 0 Å². The Morgan fingerprint density at radius 1 is 0.880 bits per heavy atom. The topological polar surface area (TPSA) is 135 Å². The van der Waals surface area contributed by atoms with Crippen LogP contribution >= 0.6 is 0 Å². The molecule has 0 aliphatic rings. The third-order valence-electron chi connectivity index (χ3n) is 3.73. The van der Waals surface area contributed by atoms with E-state index in [9.17, 15) is 19.2 Å². The number of hydrogen-bond acceptors (Lipinski definition) is 6. The van der Waals surface area contributed by atoms with Crippen LogP contribution in [0.25, 0.3) is 21.9 Å². The number of rotatable bonds is 4. The molecule has 8 nitrogen and oxygen atoms in total. The van der Waals surface area contributed by atoms with Crippen molar-refractivity contribution in [2.75, 3.05) is 0 Å². The second-order valence-corrected chi connectivity index (χ2v) is 5.42. The summed E-state index contributed by atoms with van der Waals surface area (Å²) in [6.07, 6.45) is 0.863. The molecule has 0 aliphatic carbocycles. The highest BCUT2D eigenvalue weighted by Crippen LogP contribution is 2.28. The summed E-state index contributed by atoms with van der Waals surface area (Å²) in [4.78, 5) is 46.8. The molecule has 0 bridgehead atoms. The average Bonchev–Trinajstić information content (AvgIpc) is 2.55. The zero-order valence-electron chi connectivity index (χ0n) is 13.0. The number of benzene rings is 1. The lowest BCUT2D eigenvalue weighted by Gasteiger charge is -2.09. The number of hydrogen-bond donors (Lipinski definition) is 2. The fraction of sp³-hybridized carbons (Fsp3) is 0.176. The zero-order chi connectivity index (χ0) is 18.3. The molecule has 2 aromatic heterocycles. The molecule has 0 spiro atoms. The van der Waals surface area contributed by atoms with E-state index in [2.05, 4.69) is 0 Å². The van der Waals surface area contributed by atoms with Gasteiger partial charge in [0.05, 0.1) is 10.8 Å². The van der Waals surface area contributed by atoms with Gasteiger partial charge in [0.2, 0.25) is 11.5 Å². The predicted molar refractivity (Wildman–Crippen MR) is 86.4 cm³/mol. The molecule has 3 rings (SSSR count). The fourth-order valence-electron chi connectivity index (χ4n) is 2.66. The minimum atomic E-state index is -1.41. The van der Waals surface area contributed by atoms with Gasteiger partial charge in [-0.3, -0.25) is 9.59 Å². The van der Waals surface area contributed by atoms with E-state index in [4.69, 9.17) is 19.0 Å². The molecule has 0 aliphatic heterocycles. The highest BCUT2D eigenvalue weighted by molar-refractivity contribution is 5.99. The van der Waals surface area contributed by atoms with E-state index in [0.717, 1.165) is 12.1 Å². The Morgan fingerprint density at radius 2 is 1.32 bits per heavy atom. The van der Waals surface area contributed by atoms with Crippen molar-refractivity contribution in [3.63, 3.8) is 0 Å². The SMILES string of the molecule is CCCc1c2oc(C(=O)O)cc(=O)c2cc2c(=O)cc(C(=O)O)oc12. The molecule has 0 saturated heterocycles. The van der Waals surface area contributed by atoms with Crippen molar-refractivity contribution in [3.05, 3.63) is 55.7 Å². The van der Waals surface area contributed by atoms with Gasteiger partial charge in [-0.05, 0) is 12.5 Å². The van der Waals surface area contributed by atoms with Crippen LogP contribution in [0.5, 0.6) is 0 Å². The number of carbonyl (C=O) groups is 2. The second kappa shape index (κ2) is 5.90.